The number of halogens is 2. The van der Waals surface area contributed by atoms with Crippen molar-refractivity contribution < 1.29 is 31.5 Å². The third-order valence-electron chi connectivity index (χ3n) is 4.42. The summed E-state index contributed by atoms with van der Waals surface area (Å²) in [5.41, 5.74) is 0. The highest BCUT2D eigenvalue weighted by atomic mass is 32.2. The van der Waals surface area contributed by atoms with Crippen molar-refractivity contribution in [1.82, 2.24) is 10.0 Å². The predicted octanol–water partition coefficient (Wildman–Crippen LogP) is 1.48. The van der Waals surface area contributed by atoms with Gasteiger partial charge < -0.3 is 10.1 Å². The molecule has 7 nitrogen and oxygen atoms in total. The molecule has 1 aromatic carbocycles. The van der Waals surface area contributed by atoms with Gasteiger partial charge in [0.2, 0.25) is 10.0 Å². The van der Waals surface area contributed by atoms with Gasteiger partial charge in [0.15, 0.2) is 11.5 Å². The minimum atomic E-state index is -4.59. The fourth-order valence-corrected chi connectivity index (χ4v) is 4.04. The van der Waals surface area contributed by atoms with Crippen LogP contribution in [-0.4, -0.2) is 39.5 Å². The Bertz CT molecular complexity index is 780. The minimum absolute atomic E-state index is 0.0208. The first-order valence-electron chi connectivity index (χ1n) is 8.59. The highest BCUT2D eigenvalue weighted by Gasteiger charge is 2.25. The lowest BCUT2D eigenvalue weighted by atomic mass is 9.86. The Morgan fingerprint density at radius 1 is 1.19 bits per heavy atom. The second-order valence-corrected chi connectivity index (χ2v) is 8.18. The van der Waals surface area contributed by atoms with Gasteiger partial charge in [-0.3, -0.25) is 9.59 Å². The van der Waals surface area contributed by atoms with Gasteiger partial charge in [0.25, 0.3) is 5.91 Å². The Morgan fingerprint density at radius 3 is 2.44 bits per heavy atom. The molecule has 0 unspecified atom stereocenters. The fourth-order valence-electron chi connectivity index (χ4n) is 2.94. The van der Waals surface area contributed by atoms with Gasteiger partial charge in [-0.25, -0.2) is 17.2 Å². The van der Waals surface area contributed by atoms with Crippen LogP contribution in [0.2, 0.25) is 0 Å². The van der Waals surface area contributed by atoms with Crippen molar-refractivity contribution >= 4 is 21.9 Å². The van der Waals surface area contributed by atoms with Crippen molar-refractivity contribution in [3.8, 4) is 0 Å². The van der Waals surface area contributed by atoms with E-state index < -0.39 is 51.6 Å². The molecule has 0 spiro atoms. The molecule has 1 aliphatic carbocycles. The van der Waals surface area contributed by atoms with Crippen LogP contribution >= 0.6 is 0 Å². The number of hydrogen-bond donors (Lipinski definition) is 2. The summed E-state index contributed by atoms with van der Waals surface area (Å²) < 4.78 is 57.4. The summed E-state index contributed by atoms with van der Waals surface area (Å²) in [5, 5.41) is 2.78. The molecule has 0 bridgehead atoms. The lowest BCUT2D eigenvalue weighted by molar-refractivity contribution is -0.147. The van der Waals surface area contributed by atoms with E-state index in [1.54, 1.807) is 4.72 Å². The first-order chi connectivity index (χ1) is 12.7. The van der Waals surface area contributed by atoms with Crippen LogP contribution < -0.4 is 10.0 Å². The molecule has 0 saturated heterocycles. The van der Waals surface area contributed by atoms with E-state index in [4.69, 9.17) is 4.74 Å². The second-order valence-electron chi connectivity index (χ2n) is 6.47. The fraction of sp³-hybridized carbons (Fsp3) is 0.529. The number of ether oxygens (including phenoxy) is 1. The zero-order valence-corrected chi connectivity index (χ0v) is 15.7. The highest BCUT2D eigenvalue weighted by Crippen LogP contribution is 2.23. The first-order valence-corrected chi connectivity index (χ1v) is 10.1. The molecule has 2 atom stereocenters. The number of benzene rings is 1. The third kappa shape index (κ3) is 5.96. The Morgan fingerprint density at radius 2 is 1.81 bits per heavy atom. The summed E-state index contributed by atoms with van der Waals surface area (Å²) in [6.07, 6.45) is 4.00. The minimum Gasteiger partial charge on any atom is -0.455 e. The lowest BCUT2D eigenvalue weighted by Gasteiger charge is -2.29. The predicted molar refractivity (Wildman–Crippen MR) is 92.1 cm³/mol. The molecular weight excluding hydrogens is 382 g/mol. The molecular formula is C17H22F2N2O5S. The molecule has 0 aromatic heterocycles. The molecule has 2 N–H and O–H groups in total. The zero-order chi connectivity index (χ0) is 20.0. The average molecular weight is 404 g/mol. The van der Waals surface area contributed by atoms with Gasteiger partial charge in [0, 0.05) is 6.04 Å². The van der Waals surface area contributed by atoms with Gasteiger partial charge >= 0.3 is 5.97 Å². The van der Waals surface area contributed by atoms with E-state index in [0.29, 0.717) is 5.92 Å². The molecule has 1 amide bonds. The van der Waals surface area contributed by atoms with Gasteiger partial charge in [0.1, 0.15) is 18.2 Å². The number of esters is 1. The number of nitrogens with one attached hydrogen (secondary N) is 2. The maximum Gasteiger partial charge on any atom is 0.321 e. The van der Waals surface area contributed by atoms with E-state index in [1.807, 2.05) is 6.92 Å². The summed E-state index contributed by atoms with van der Waals surface area (Å²) in [6.45, 7) is 0.619. The summed E-state index contributed by atoms with van der Waals surface area (Å²) >= 11 is 0. The quantitative estimate of drug-likeness (QED) is 0.671. The third-order valence-corrected chi connectivity index (χ3v) is 5.87. The number of carbonyl (C=O) groups is 2. The second kappa shape index (κ2) is 9.23. The van der Waals surface area contributed by atoms with Crippen molar-refractivity contribution in [3.05, 3.63) is 29.8 Å². The van der Waals surface area contributed by atoms with Crippen molar-refractivity contribution in [2.45, 2.75) is 43.5 Å². The van der Waals surface area contributed by atoms with Crippen molar-refractivity contribution in [2.75, 3.05) is 13.2 Å². The van der Waals surface area contributed by atoms with E-state index in [9.17, 15) is 26.8 Å². The molecule has 0 radical (unpaired) electrons. The SMILES string of the molecule is C[C@@H]1CCCC[C@H]1NC(=O)COC(=O)CNS(=O)(=O)c1c(F)cccc1F. The Hall–Kier alpha value is -2.07. The number of rotatable bonds is 7. The molecule has 1 aliphatic rings. The Balaban J connectivity index is 1.81. The molecule has 1 fully saturated rings. The van der Waals surface area contributed by atoms with Crippen LogP contribution in [0.5, 0.6) is 0 Å². The van der Waals surface area contributed by atoms with Crippen LogP contribution in [-0.2, 0) is 24.3 Å². The summed E-state index contributed by atoms with van der Waals surface area (Å²) in [5.74, 6) is -3.75. The molecule has 150 valence electrons. The molecule has 1 saturated carbocycles. The number of carbonyl (C=O) groups excluding carboxylic acids is 2. The molecule has 10 heteroatoms. The van der Waals surface area contributed by atoms with E-state index >= 15 is 0 Å². The van der Waals surface area contributed by atoms with Crippen LogP contribution in [0, 0.1) is 17.6 Å². The van der Waals surface area contributed by atoms with Gasteiger partial charge in [0.05, 0.1) is 0 Å². The maximum absolute atomic E-state index is 13.6. The van der Waals surface area contributed by atoms with E-state index in [2.05, 4.69) is 5.32 Å². The molecule has 27 heavy (non-hydrogen) atoms. The van der Waals surface area contributed by atoms with Gasteiger partial charge in [-0.2, -0.15) is 4.72 Å². The van der Waals surface area contributed by atoms with Gasteiger partial charge in [-0.15, -0.1) is 0 Å². The van der Waals surface area contributed by atoms with Crippen LogP contribution in [0.25, 0.3) is 0 Å². The molecule has 1 aromatic rings. The number of amides is 1. The van der Waals surface area contributed by atoms with Crippen LogP contribution in [0.4, 0.5) is 8.78 Å². The van der Waals surface area contributed by atoms with E-state index in [0.717, 1.165) is 43.9 Å². The molecule has 2 rings (SSSR count). The summed E-state index contributed by atoms with van der Waals surface area (Å²) in [4.78, 5) is 22.3. The van der Waals surface area contributed by atoms with Crippen molar-refractivity contribution in [3.63, 3.8) is 0 Å². The number of sulfonamides is 1. The molecule has 0 heterocycles. The summed E-state index contributed by atoms with van der Waals surface area (Å²) in [7, 11) is -4.59. The maximum atomic E-state index is 13.6. The average Bonchev–Trinajstić information content (AvgIpc) is 2.60. The lowest BCUT2D eigenvalue weighted by Crippen LogP contribution is -2.43. The Kier molecular flexibility index (Phi) is 7.25. The Labute approximate surface area is 156 Å². The topological polar surface area (TPSA) is 102 Å². The van der Waals surface area contributed by atoms with E-state index in [1.165, 1.54) is 0 Å². The highest BCUT2D eigenvalue weighted by molar-refractivity contribution is 7.89. The standard InChI is InChI=1S/C17H22F2N2O5S/c1-11-5-2-3-8-14(11)21-15(22)10-26-16(23)9-20-27(24,25)17-12(18)6-4-7-13(17)19/h4,6-7,11,14,20H,2-3,5,8-10H2,1H3,(H,21,22)/t11-,14-/m1/s1. The van der Waals surface area contributed by atoms with Crippen molar-refractivity contribution in [2.24, 2.45) is 5.92 Å². The van der Waals surface area contributed by atoms with Crippen LogP contribution in [0.1, 0.15) is 32.6 Å². The van der Waals surface area contributed by atoms with Gasteiger partial charge in [-0.05, 0) is 30.9 Å². The molecule has 0 aliphatic heterocycles. The van der Waals surface area contributed by atoms with Gasteiger partial charge in [-0.1, -0.05) is 25.8 Å². The normalized spacial score (nSPS) is 20.1. The zero-order valence-electron chi connectivity index (χ0n) is 14.8. The smallest absolute Gasteiger partial charge is 0.321 e. The van der Waals surface area contributed by atoms with Crippen LogP contribution in [0.15, 0.2) is 23.1 Å². The largest absolute Gasteiger partial charge is 0.455 e. The first kappa shape index (κ1) is 21.2. The number of hydrogen-bond acceptors (Lipinski definition) is 5. The van der Waals surface area contributed by atoms with Crippen LogP contribution in [0.3, 0.4) is 0 Å². The monoisotopic (exact) mass is 404 g/mol. The summed E-state index contributed by atoms with van der Waals surface area (Å²) in [6, 6.07) is 2.61. The van der Waals surface area contributed by atoms with E-state index in [-0.39, 0.29) is 6.04 Å². The van der Waals surface area contributed by atoms with Crippen molar-refractivity contribution in [1.29, 1.82) is 0 Å².